The van der Waals surface area contributed by atoms with Crippen LogP contribution in [0.5, 0.6) is 0 Å². The minimum Gasteiger partial charge on any atom is -0.467 e. The quantitative estimate of drug-likeness (QED) is 0.295. The summed E-state index contributed by atoms with van der Waals surface area (Å²) < 4.78 is 5.52. The van der Waals surface area contributed by atoms with Crippen LogP contribution >= 0.6 is 0 Å². The van der Waals surface area contributed by atoms with Crippen LogP contribution in [0.2, 0.25) is 0 Å². The Labute approximate surface area is 207 Å². The van der Waals surface area contributed by atoms with Crippen LogP contribution in [0, 0.1) is 5.92 Å². The average molecular weight is 469 g/mol. The predicted molar refractivity (Wildman–Crippen MR) is 139 cm³/mol. The van der Waals surface area contributed by atoms with Gasteiger partial charge >= 0.3 is 0 Å². The first-order chi connectivity index (χ1) is 17.0. The van der Waals surface area contributed by atoms with E-state index < -0.39 is 0 Å². The van der Waals surface area contributed by atoms with Crippen LogP contribution in [-0.2, 0) is 17.8 Å². The topological polar surface area (TPSA) is 53.8 Å². The summed E-state index contributed by atoms with van der Waals surface area (Å²) in [5, 5.41) is 2.09. The molecule has 3 aromatic carbocycles. The Bertz CT molecular complexity index is 1250. The average Bonchev–Trinajstić information content (AvgIpc) is 3.39. The molecule has 0 spiro atoms. The zero-order valence-corrected chi connectivity index (χ0v) is 20.4. The van der Waals surface area contributed by atoms with Crippen molar-refractivity contribution in [2.75, 3.05) is 19.6 Å². The second-order valence-electron chi connectivity index (χ2n) is 9.27. The minimum absolute atomic E-state index is 0.0271. The lowest BCUT2D eigenvalue weighted by molar-refractivity contribution is -0.132. The summed E-state index contributed by atoms with van der Waals surface area (Å²) >= 11 is 0. The van der Waals surface area contributed by atoms with Gasteiger partial charge in [-0.15, -0.1) is 0 Å². The molecule has 0 saturated heterocycles. The van der Waals surface area contributed by atoms with Crippen molar-refractivity contribution < 1.29 is 14.0 Å². The van der Waals surface area contributed by atoms with Gasteiger partial charge in [0.1, 0.15) is 12.3 Å². The standard InChI is InChI=1S/C30H32N2O3/c1-23(2)20-32(30(34)27-15-14-25-11-6-7-12-26(25)19-27)22-29(33)31(21-28-13-8-18-35-28)17-16-24-9-4-3-5-10-24/h3-15,18-19,23H,16-17,20-22H2,1-2H3. The fourth-order valence-corrected chi connectivity index (χ4v) is 4.22. The van der Waals surface area contributed by atoms with Gasteiger partial charge in [-0.2, -0.15) is 0 Å². The third-order valence-corrected chi connectivity index (χ3v) is 5.99. The first kappa shape index (κ1) is 24.3. The molecule has 1 heterocycles. The molecule has 0 fully saturated rings. The summed E-state index contributed by atoms with van der Waals surface area (Å²) in [6, 6.07) is 27.5. The molecule has 0 aliphatic carbocycles. The molecule has 5 heteroatoms. The number of carbonyl (C=O) groups excluding carboxylic acids is 2. The number of carbonyl (C=O) groups is 2. The maximum Gasteiger partial charge on any atom is 0.254 e. The van der Waals surface area contributed by atoms with E-state index in [-0.39, 0.29) is 24.3 Å². The molecule has 180 valence electrons. The monoisotopic (exact) mass is 468 g/mol. The third kappa shape index (κ3) is 6.60. The number of hydrogen-bond acceptors (Lipinski definition) is 3. The number of furan rings is 1. The largest absolute Gasteiger partial charge is 0.467 e. The SMILES string of the molecule is CC(C)CN(CC(=O)N(CCc1ccccc1)Cc1ccco1)C(=O)c1ccc2ccccc2c1. The molecule has 1 aromatic heterocycles. The highest BCUT2D eigenvalue weighted by Gasteiger charge is 2.24. The first-order valence-electron chi connectivity index (χ1n) is 12.1. The second kappa shape index (κ2) is 11.5. The van der Waals surface area contributed by atoms with Crippen molar-refractivity contribution >= 4 is 22.6 Å². The van der Waals surface area contributed by atoms with Gasteiger partial charge < -0.3 is 14.2 Å². The molecule has 0 N–H and O–H groups in total. The van der Waals surface area contributed by atoms with E-state index in [9.17, 15) is 9.59 Å². The van der Waals surface area contributed by atoms with E-state index >= 15 is 0 Å². The van der Waals surface area contributed by atoms with Crippen molar-refractivity contribution in [3.05, 3.63) is 108 Å². The molecule has 0 radical (unpaired) electrons. The lowest BCUT2D eigenvalue weighted by Crippen LogP contribution is -2.44. The lowest BCUT2D eigenvalue weighted by Gasteiger charge is -2.28. The van der Waals surface area contributed by atoms with Crippen molar-refractivity contribution in [3.63, 3.8) is 0 Å². The predicted octanol–water partition coefficient (Wildman–Crippen LogP) is 5.80. The van der Waals surface area contributed by atoms with Crippen LogP contribution < -0.4 is 0 Å². The van der Waals surface area contributed by atoms with E-state index in [1.807, 2.05) is 72.8 Å². The molecule has 4 aromatic rings. The molecule has 0 bridgehead atoms. The van der Waals surface area contributed by atoms with Crippen molar-refractivity contribution in [3.8, 4) is 0 Å². The normalized spacial score (nSPS) is 11.1. The summed E-state index contributed by atoms with van der Waals surface area (Å²) in [6.45, 7) is 5.56. The molecule has 0 saturated carbocycles. The Morgan fingerprint density at radius 1 is 0.829 bits per heavy atom. The van der Waals surface area contributed by atoms with E-state index in [1.54, 1.807) is 16.1 Å². The van der Waals surface area contributed by atoms with Gasteiger partial charge in [0.05, 0.1) is 12.8 Å². The van der Waals surface area contributed by atoms with Gasteiger partial charge in [-0.1, -0.05) is 74.5 Å². The van der Waals surface area contributed by atoms with Crippen LogP contribution in [0.1, 0.15) is 35.5 Å². The summed E-state index contributed by atoms with van der Waals surface area (Å²) in [5.74, 6) is 0.739. The van der Waals surface area contributed by atoms with E-state index in [0.29, 0.717) is 25.2 Å². The highest BCUT2D eigenvalue weighted by Crippen LogP contribution is 2.18. The zero-order chi connectivity index (χ0) is 24.6. The number of hydrogen-bond donors (Lipinski definition) is 0. The Balaban J connectivity index is 1.52. The molecule has 2 amide bonds. The van der Waals surface area contributed by atoms with Crippen molar-refractivity contribution in [2.24, 2.45) is 5.92 Å². The van der Waals surface area contributed by atoms with Gasteiger partial charge in [0.15, 0.2) is 0 Å². The van der Waals surface area contributed by atoms with Crippen molar-refractivity contribution in [2.45, 2.75) is 26.8 Å². The molecule has 5 nitrogen and oxygen atoms in total. The maximum absolute atomic E-state index is 13.5. The van der Waals surface area contributed by atoms with Crippen molar-refractivity contribution in [1.82, 2.24) is 9.80 Å². The summed E-state index contributed by atoms with van der Waals surface area (Å²) in [7, 11) is 0. The minimum atomic E-state index is -0.126. The van der Waals surface area contributed by atoms with Crippen LogP contribution in [0.25, 0.3) is 10.8 Å². The zero-order valence-electron chi connectivity index (χ0n) is 20.4. The van der Waals surface area contributed by atoms with Gasteiger partial charge in [0.25, 0.3) is 5.91 Å². The first-order valence-corrected chi connectivity index (χ1v) is 12.1. The number of fused-ring (bicyclic) bond motifs is 1. The smallest absolute Gasteiger partial charge is 0.254 e. The Morgan fingerprint density at radius 2 is 1.57 bits per heavy atom. The molecule has 0 aliphatic heterocycles. The number of benzene rings is 3. The number of nitrogens with zero attached hydrogens (tertiary/aromatic N) is 2. The fraction of sp³-hybridized carbons (Fsp3) is 0.267. The molecular weight excluding hydrogens is 436 g/mol. The highest BCUT2D eigenvalue weighted by molar-refractivity contribution is 6.00. The molecular formula is C30H32N2O3. The fourth-order valence-electron chi connectivity index (χ4n) is 4.22. The van der Waals surface area contributed by atoms with E-state index in [2.05, 4.69) is 26.0 Å². The summed E-state index contributed by atoms with van der Waals surface area (Å²) in [5.41, 5.74) is 1.76. The van der Waals surface area contributed by atoms with E-state index in [4.69, 9.17) is 4.42 Å². The van der Waals surface area contributed by atoms with Gasteiger partial charge in [-0.25, -0.2) is 0 Å². The summed E-state index contributed by atoms with van der Waals surface area (Å²) in [4.78, 5) is 30.5. The summed E-state index contributed by atoms with van der Waals surface area (Å²) in [6.07, 6.45) is 2.35. The Hall–Kier alpha value is -3.86. The Kier molecular flexibility index (Phi) is 7.99. The van der Waals surface area contributed by atoms with Gasteiger partial charge in [-0.3, -0.25) is 9.59 Å². The molecule has 35 heavy (non-hydrogen) atoms. The number of amides is 2. The van der Waals surface area contributed by atoms with Gasteiger partial charge in [-0.05, 0) is 52.9 Å². The molecule has 0 atom stereocenters. The van der Waals surface area contributed by atoms with Crippen molar-refractivity contribution in [1.29, 1.82) is 0 Å². The maximum atomic E-state index is 13.5. The molecule has 0 unspecified atom stereocenters. The Morgan fingerprint density at radius 3 is 2.29 bits per heavy atom. The van der Waals surface area contributed by atoms with Gasteiger partial charge in [0, 0.05) is 18.7 Å². The third-order valence-electron chi connectivity index (χ3n) is 5.99. The van der Waals surface area contributed by atoms with E-state index in [0.717, 1.165) is 28.5 Å². The van der Waals surface area contributed by atoms with Crippen LogP contribution in [0.4, 0.5) is 0 Å². The number of rotatable bonds is 10. The van der Waals surface area contributed by atoms with E-state index in [1.165, 1.54) is 0 Å². The molecule has 4 rings (SSSR count). The highest BCUT2D eigenvalue weighted by atomic mass is 16.3. The van der Waals surface area contributed by atoms with Gasteiger partial charge in [0.2, 0.25) is 5.91 Å². The lowest BCUT2D eigenvalue weighted by atomic mass is 10.1. The molecule has 0 aliphatic rings. The van der Waals surface area contributed by atoms with Crippen LogP contribution in [-0.4, -0.2) is 41.2 Å². The van der Waals surface area contributed by atoms with Crippen LogP contribution in [0.3, 0.4) is 0 Å². The van der Waals surface area contributed by atoms with Crippen LogP contribution in [0.15, 0.2) is 95.6 Å². The second-order valence-corrected chi connectivity index (χ2v) is 9.27.